The van der Waals surface area contributed by atoms with Crippen LogP contribution in [0, 0.1) is 0 Å². The molecule has 0 spiro atoms. The Morgan fingerprint density at radius 3 is 2.20 bits per heavy atom. The third-order valence-electron chi connectivity index (χ3n) is 11.2. The normalized spacial score (nSPS) is 19.8. The third kappa shape index (κ3) is 4.80. The second kappa shape index (κ2) is 11.5. The number of nitrogen functional groups attached to an aromatic ring is 1. The number of benzene rings is 4. The van der Waals surface area contributed by atoms with Gasteiger partial charge >= 0.3 is 5.69 Å². The number of aromatic nitrogens is 2. The van der Waals surface area contributed by atoms with Crippen molar-refractivity contribution in [3.8, 4) is 0 Å². The van der Waals surface area contributed by atoms with Crippen LogP contribution in [0.2, 0.25) is 0 Å². The Morgan fingerprint density at radius 2 is 1.48 bits per heavy atom. The van der Waals surface area contributed by atoms with Crippen molar-refractivity contribution in [1.82, 2.24) is 9.55 Å². The lowest BCUT2D eigenvalue weighted by Crippen LogP contribution is -2.27. The van der Waals surface area contributed by atoms with E-state index >= 15 is 0 Å². The van der Waals surface area contributed by atoms with Gasteiger partial charge in [-0.3, -0.25) is 4.57 Å². The molecule has 8 rings (SSSR count). The monoisotopic (exact) mass is 658 g/mol. The first kappa shape index (κ1) is 31.8. The van der Waals surface area contributed by atoms with Crippen molar-refractivity contribution in [2.75, 3.05) is 24.7 Å². The van der Waals surface area contributed by atoms with Crippen molar-refractivity contribution >= 4 is 50.1 Å². The van der Waals surface area contributed by atoms with Crippen molar-refractivity contribution in [3.63, 3.8) is 0 Å². The van der Waals surface area contributed by atoms with Crippen LogP contribution in [0.1, 0.15) is 58.1 Å². The highest BCUT2D eigenvalue weighted by molar-refractivity contribution is 6.08. The average Bonchev–Trinajstić information content (AvgIpc) is 3.43. The fourth-order valence-electron chi connectivity index (χ4n) is 8.88. The molecule has 2 aliphatic heterocycles. The zero-order valence-corrected chi connectivity index (χ0v) is 29.8. The summed E-state index contributed by atoms with van der Waals surface area (Å²) in [6.45, 7) is 9.24. The molecule has 0 radical (unpaired) electrons. The van der Waals surface area contributed by atoms with E-state index < -0.39 is 0 Å². The molecular weight excluding hydrogens is 615 g/mol. The number of rotatable bonds is 4. The van der Waals surface area contributed by atoms with Gasteiger partial charge in [0.05, 0.1) is 11.1 Å². The van der Waals surface area contributed by atoms with Crippen LogP contribution in [0.25, 0.3) is 27.2 Å². The fraction of sp³-hybridized carbons (Fsp3) is 0.250. The van der Waals surface area contributed by atoms with Gasteiger partial charge in [-0.2, -0.15) is 9.56 Å². The van der Waals surface area contributed by atoms with Crippen molar-refractivity contribution < 1.29 is 4.58 Å². The van der Waals surface area contributed by atoms with Crippen molar-refractivity contribution in [3.05, 3.63) is 148 Å². The number of hydrogen-bond acceptors (Lipinski definition) is 4. The van der Waals surface area contributed by atoms with Gasteiger partial charge in [0, 0.05) is 47.7 Å². The number of nitrogens with zero attached hydrogens (tertiary/aromatic N) is 4. The molecule has 1 aliphatic carbocycles. The minimum Gasteiger partial charge on any atom is -0.383 e. The molecule has 1 aromatic heterocycles. The van der Waals surface area contributed by atoms with E-state index in [-0.39, 0.29) is 22.3 Å². The number of nitrogens with two attached hydrogens (primary N) is 1. The van der Waals surface area contributed by atoms with Crippen molar-refractivity contribution in [2.24, 2.45) is 0 Å². The predicted molar refractivity (Wildman–Crippen MR) is 208 cm³/mol. The molecule has 0 fully saturated rings. The number of likely N-dealkylation sites (N-methyl/N-ethyl adjacent to an activating group) is 1. The lowest BCUT2D eigenvalue weighted by molar-refractivity contribution is -0.401. The zero-order chi connectivity index (χ0) is 34.9. The van der Waals surface area contributed by atoms with Gasteiger partial charge in [0.1, 0.15) is 12.9 Å². The van der Waals surface area contributed by atoms with Crippen LogP contribution in [0.3, 0.4) is 0 Å². The van der Waals surface area contributed by atoms with Crippen molar-refractivity contribution in [2.45, 2.75) is 57.8 Å². The lowest BCUT2D eigenvalue weighted by atomic mass is 9.78. The van der Waals surface area contributed by atoms with Gasteiger partial charge < -0.3 is 10.6 Å². The number of anilines is 2. The molecule has 0 bridgehead atoms. The lowest BCUT2D eigenvalue weighted by Gasteiger charge is -2.26. The molecule has 0 unspecified atom stereocenters. The molecule has 250 valence electrons. The summed E-state index contributed by atoms with van der Waals surface area (Å²) >= 11 is 0. The van der Waals surface area contributed by atoms with Crippen molar-refractivity contribution in [1.29, 1.82) is 0 Å². The standard InChI is InChI=1S/C44H43N5O/c1-43(2)36(47(5)34-22-18-28-12-7-9-16-32(28)39(34)43)24-20-30-14-11-15-31(41(30)49-27-26-38(45)46-42(49)50)21-25-37-44(3,4)40-33-17-10-8-13-29(33)19-23-35(40)48(37)6/h7-10,12-13,16-27H,11,14-15H2,1-6H3,(H-,45,46,50)/p+1. The quantitative estimate of drug-likeness (QED) is 0.196. The van der Waals surface area contributed by atoms with Gasteiger partial charge in [-0.25, -0.2) is 4.79 Å². The van der Waals surface area contributed by atoms with E-state index in [1.807, 2.05) is 0 Å². The van der Waals surface area contributed by atoms with Crippen LogP contribution >= 0.6 is 0 Å². The van der Waals surface area contributed by atoms with E-state index in [4.69, 9.17) is 5.73 Å². The Hall–Kier alpha value is -5.49. The molecule has 0 atom stereocenters. The minimum absolute atomic E-state index is 0.211. The molecule has 50 heavy (non-hydrogen) atoms. The highest BCUT2D eigenvalue weighted by Gasteiger charge is 2.44. The van der Waals surface area contributed by atoms with E-state index in [9.17, 15) is 4.79 Å². The summed E-state index contributed by atoms with van der Waals surface area (Å²) < 4.78 is 4.00. The SMILES string of the molecule is CN1/C(=C/C=C2\CCCC(/C=C/C3=[N+](C)c4ccc5ccccc5c4C3(C)C)=C2n2ccc(N)nc2=O)C(C)(C)c2c1ccc1ccccc21. The molecule has 0 saturated carbocycles. The second-order valence-corrected chi connectivity index (χ2v) is 14.9. The Kier molecular flexibility index (Phi) is 7.34. The average molecular weight is 659 g/mol. The molecule has 0 amide bonds. The fourth-order valence-corrected chi connectivity index (χ4v) is 8.88. The molecule has 6 heteroatoms. The third-order valence-corrected chi connectivity index (χ3v) is 11.2. The molecule has 3 heterocycles. The Bertz CT molecular complexity index is 2470. The first-order chi connectivity index (χ1) is 24.0. The Labute approximate surface area is 293 Å². The molecule has 4 aromatic carbocycles. The van der Waals surface area contributed by atoms with Gasteiger partial charge in [0.25, 0.3) is 0 Å². The van der Waals surface area contributed by atoms with Crippen LogP contribution < -0.4 is 16.3 Å². The van der Waals surface area contributed by atoms with E-state index in [0.29, 0.717) is 0 Å². The topological polar surface area (TPSA) is 67.2 Å². The molecule has 6 nitrogen and oxygen atoms in total. The van der Waals surface area contributed by atoms with Gasteiger partial charge in [-0.05, 0) is 95.6 Å². The van der Waals surface area contributed by atoms with Gasteiger partial charge in [-0.1, -0.05) is 80.6 Å². The largest absolute Gasteiger partial charge is 0.383 e. The molecule has 0 saturated heterocycles. The van der Waals surface area contributed by atoms with E-state index in [1.54, 1.807) is 16.8 Å². The maximum atomic E-state index is 13.5. The van der Waals surface area contributed by atoms with Crippen LogP contribution in [0.5, 0.6) is 0 Å². The summed E-state index contributed by atoms with van der Waals surface area (Å²) in [6, 6.07) is 27.9. The zero-order valence-electron chi connectivity index (χ0n) is 29.8. The Balaban J connectivity index is 1.25. The number of hydrogen-bond donors (Lipinski definition) is 1. The summed E-state index contributed by atoms with van der Waals surface area (Å²) in [5, 5.41) is 5.08. The second-order valence-electron chi connectivity index (χ2n) is 14.9. The molecule has 3 aliphatic rings. The maximum absolute atomic E-state index is 13.5. The first-order valence-electron chi connectivity index (χ1n) is 17.6. The van der Waals surface area contributed by atoms with E-state index in [2.05, 4.69) is 153 Å². The number of fused-ring (bicyclic) bond motifs is 6. The van der Waals surface area contributed by atoms with Gasteiger partial charge in [0.2, 0.25) is 5.69 Å². The summed E-state index contributed by atoms with van der Waals surface area (Å²) in [4.78, 5) is 19.9. The van der Waals surface area contributed by atoms with Crippen LogP contribution in [-0.4, -0.2) is 33.9 Å². The highest BCUT2D eigenvalue weighted by Crippen LogP contribution is 2.50. The van der Waals surface area contributed by atoms with Crippen LogP contribution in [0.15, 0.2) is 131 Å². The molecule has 5 aromatic rings. The molecular formula is C44H44N5O+. The smallest absolute Gasteiger partial charge is 0.354 e. The Morgan fingerprint density at radius 1 is 0.800 bits per heavy atom. The van der Waals surface area contributed by atoms with Crippen LogP contribution in [0.4, 0.5) is 17.2 Å². The number of allylic oxidation sites excluding steroid dienone is 8. The summed E-state index contributed by atoms with van der Waals surface area (Å²) in [5.41, 5.74) is 15.9. The van der Waals surface area contributed by atoms with Gasteiger partial charge in [-0.15, -0.1) is 0 Å². The predicted octanol–water partition coefficient (Wildman–Crippen LogP) is 9.03. The van der Waals surface area contributed by atoms with Gasteiger partial charge in [0.15, 0.2) is 5.71 Å². The highest BCUT2D eigenvalue weighted by atomic mass is 16.1. The summed E-state index contributed by atoms with van der Waals surface area (Å²) in [6.07, 6.45) is 13.4. The maximum Gasteiger partial charge on any atom is 0.354 e. The molecule has 2 N–H and O–H groups in total. The summed E-state index contributed by atoms with van der Waals surface area (Å²) in [7, 11) is 4.32. The minimum atomic E-state index is -0.367. The van der Waals surface area contributed by atoms with E-state index in [1.165, 1.54) is 55.5 Å². The van der Waals surface area contributed by atoms with Crippen LogP contribution in [-0.2, 0) is 10.8 Å². The summed E-state index contributed by atoms with van der Waals surface area (Å²) in [5.74, 6) is 0.224. The van der Waals surface area contributed by atoms with E-state index in [0.717, 1.165) is 36.1 Å². The first-order valence-corrected chi connectivity index (χ1v) is 17.6.